The molecule has 2 aromatic carbocycles. The summed E-state index contributed by atoms with van der Waals surface area (Å²) in [5.74, 6) is 0.0851. The standard InChI is InChI=1S/C19H18N4O2/c24-17(23-19-21-15-7-3-4-8-16(15)22-19)10-9-13-11-12-5-1-2-6-14(12)20-18(13)25/h1-8,13H,9-11H2,(H,20,25)(H2,21,22,23,24)/t13-/m1/s1. The van der Waals surface area contributed by atoms with Crippen LogP contribution in [0.3, 0.4) is 0 Å². The van der Waals surface area contributed by atoms with Crippen LogP contribution in [0.15, 0.2) is 48.5 Å². The van der Waals surface area contributed by atoms with Crippen LogP contribution in [0.5, 0.6) is 0 Å². The molecule has 1 aromatic heterocycles. The number of rotatable bonds is 4. The number of carbonyl (C=O) groups is 2. The van der Waals surface area contributed by atoms with Crippen LogP contribution in [0.4, 0.5) is 11.6 Å². The van der Waals surface area contributed by atoms with Gasteiger partial charge in [-0.25, -0.2) is 4.98 Å². The van der Waals surface area contributed by atoms with Crippen LogP contribution in [0.2, 0.25) is 0 Å². The summed E-state index contributed by atoms with van der Waals surface area (Å²) in [6.45, 7) is 0. The molecule has 0 spiro atoms. The van der Waals surface area contributed by atoms with Gasteiger partial charge in [-0.1, -0.05) is 30.3 Å². The summed E-state index contributed by atoms with van der Waals surface area (Å²) in [7, 11) is 0. The van der Waals surface area contributed by atoms with Gasteiger partial charge in [-0.05, 0) is 36.6 Å². The average molecular weight is 334 g/mol. The normalized spacial score (nSPS) is 16.3. The fraction of sp³-hybridized carbons (Fsp3) is 0.211. The zero-order valence-corrected chi connectivity index (χ0v) is 13.6. The van der Waals surface area contributed by atoms with Gasteiger partial charge in [0.2, 0.25) is 17.8 Å². The summed E-state index contributed by atoms with van der Waals surface area (Å²) in [4.78, 5) is 31.8. The average Bonchev–Trinajstić information content (AvgIpc) is 3.02. The number of aromatic nitrogens is 2. The molecule has 4 rings (SSSR count). The quantitative estimate of drug-likeness (QED) is 0.685. The Kier molecular flexibility index (Phi) is 3.93. The third kappa shape index (κ3) is 3.24. The zero-order chi connectivity index (χ0) is 17.2. The highest BCUT2D eigenvalue weighted by Crippen LogP contribution is 2.27. The number of fused-ring (bicyclic) bond motifs is 2. The van der Waals surface area contributed by atoms with Gasteiger partial charge in [-0.15, -0.1) is 0 Å². The predicted octanol–water partition coefficient (Wildman–Crippen LogP) is 3.09. The Hall–Kier alpha value is -3.15. The van der Waals surface area contributed by atoms with Crippen LogP contribution in [-0.2, 0) is 16.0 Å². The smallest absolute Gasteiger partial charge is 0.227 e. The molecule has 1 aliphatic heterocycles. The van der Waals surface area contributed by atoms with Crippen molar-refractivity contribution >= 4 is 34.5 Å². The van der Waals surface area contributed by atoms with Gasteiger partial charge in [0.15, 0.2) is 0 Å². The lowest BCUT2D eigenvalue weighted by atomic mass is 9.89. The number of nitrogens with zero attached hydrogens (tertiary/aromatic N) is 1. The minimum Gasteiger partial charge on any atom is -0.326 e. The number of imidazole rings is 1. The van der Waals surface area contributed by atoms with Gasteiger partial charge in [-0.2, -0.15) is 0 Å². The van der Waals surface area contributed by atoms with Gasteiger partial charge in [0.25, 0.3) is 0 Å². The molecular formula is C19H18N4O2. The molecule has 6 heteroatoms. The van der Waals surface area contributed by atoms with Crippen LogP contribution in [-0.4, -0.2) is 21.8 Å². The van der Waals surface area contributed by atoms with Gasteiger partial charge in [0, 0.05) is 18.0 Å². The number of amides is 2. The fourth-order valence-electron chi connectivity index (χ4n) is 3.16. The van der Waals surface area contributed by atoms with E-state index >= 15 is 0 Å². The van der Waals surface area contributed by atoms with Crippen LogP contribution >= 0.6 is 0 Å². The molecule has 1 atom stereocenters. The Morgan fingerprint density at radius 1 is 1.16 bits per heavy atom. The molecule has 2 heterocycles. The van der Waals surface area contributed by atoms with E-state index in [1.807, 2.05) is 48.5 Å². The molecule has 1 aliphatic rings. The maximum atomic E-state index is 12.2. The van der Waals surface area contributed by atoms with Crippen molar-refractivity contribution in [2.45, 2.75) is 19.3 Å². The molecule has 0 saturated heterocycles. The number of nitrogens with one attached hydrogen (secondary N) is 3. The maximum absolute atomic E-state index is 12.2. The van der Waals surface area contributed by atoms with Crippen molar-refractivity contribution in [1.29, 1.82) is 0 Å². The number of aromatic amines is 1. The van der Waals surface area contributed by atoms with E-state index in [1.165, 1.54) is 0 Å². The number of hydrogen-bond acceptors (Lipinski definition) is 3. The van der Waals surface area contributed by atoms with E-state index in [9.17, 15) is 9.59 Å². The molecule has 25 heavy (non-hydrogen) atoms. The van der Waals surface area contributed by atoms with E-state index in [1.54, 1.807) is 0 Å². The van der Waals surface area contributed by atoms with Crippen molar-refractivity contribution in [2.75, 3.05) is 10.6 Å². The van der Waals surface area contributed by atoms with E-state index in [0.29, 0.717) is 18.8 Å². The number of carbonyl (C=O) groups excluding carboxylic acids is 2. The molecule has 0 aliphatic carbocycles. The summed E-state index contributed by atoms with van der Waals surface area (Å²) in [5.41, 5.74) is 3.67. The van der Waals surface area contributed by atoms with E-state index in [2.05, 4.69) is 20.6 Å². The van der Waals surface area contributed by atoms with Crippen LogP contribution < -0.4 is 10.6 Å². The highest BCUT2D eigenvalue weighted by atomic mass is 16.2. The maximum Gasteiger partial charge on any atom is 0.227 e. The van der Waals surface area contributed by atoms with Gasteiger partial charge in [-0.3, -0.25) is 14.9 Å². The molecule has 0 saturated carbocycles. The Bertz CT molecular complexity index is 914. The second-order valence-electron chi connectivity index (χ2n) is 6.24. The number of hydrogen-bond donors (Lipinski definition) is 3. The van der Waals surface area contributed by atoms with Crippen molar-refractivity contribution in [1.82, 2.24) is 9.97 Å². The third-order valence-electron chi connectivity index (χ3n) is 4.48. The van der Waals surface area contributed by atoms with Crippen LogP contribution in [0.25, 0.3) is 11.0 Å². The molecule has 6 nitrogen and oxygen atoms in total. The third-order valence-corrected chi connectivity index (χ3v) is 4.48. The zero-order valence-electron chi connectivity index (χ0n) is 13.6. The van der Waals surface area contributed by atoms with Crippen LogP contribution in [0, 0.1) is 5.92 Å². The first-order chi connectivity index (χ1) is 12.2. The SMILES string of the molecule is O=C(CC[C@@H]1Cc2ccccc2NC1=O)Nc1nc2ccccc2[nH]1. The predicted molar refractivity (Wildman–Crippen MR) is 96.2 cm³/mol. The Morgan fingerprint density at radius 3 is 2.84 bits per heavy atom. The lowest BCUT2D eigenvalue weighted by Crippen LogP contribution is -2.30. The first kappa shape index (κ1) is 15.4. The first-order valence-corrected chi connectivity index (χ1v) is 8.32. The minimum atomic E-state index is -0.184. The molecule has 0 bridgehead atoms. The second-order valence-corrected chi connectivity index (χ2v) is 6.24. The van der Waals surface area contributed by atoms with Crippen molar-refractivity contribution < 1.29 is 9.59 Å². The van der Waals surface area contributed by atoms with Crippen molar-refractivity contribution in [3.05, 3.63) is 54.1 Å². The Labute approximate surface area is 144 Å². The fourth-order valence-corrected chi connectivity index (χ4v) is 3.16. The highest BCUT2D eigenvalue weighted by molar-refractivity contribution is 5.96. The lowest BCUT2D eigenvalue weighted by molar-refractivity contribution is -0.121. The molecule has 3 N–H and O–H groups in total. The van der Waals surface area contributed by atoms with E-state index in [-0.39, 0.29) is 24.2 Å². The van der Waals surface area contributed by atoms with Crippen molar-refractivity contribution in [2.24, 2.45) is 5.92 Å². The van der Waals surface area contributed by atoms with Gasteiger partial charge in [0.05, 0.1) is 11.0 Å². The monoisotopic (exact) mass is 334 g/mol. The topological polar surface area (TPSA) is 86.9 Å². The lowest BCUT2D eigenvalue weighted by Gasteiger charge is -2.24. The summed E-state index contributed by atoms with van der Waals surface area (Å²) >= 11 is 0. The second kappa shape index (κ2) is 6.39. The van der Waals surface area contributed by atoms with Crippen LogP contribution in [0.1, 0.15) is 18.4 Å². The summed E-state index contributed by atoms with van der Waals surface area (Å²) in [6.07, 6.45) is 1.45. The van der Waals surface area contributed by atoms with Gasteiger partial charge in [0.1, 0.15) is 0 Å². The van der Waals surface area contributed by atoms with Crippen molar-refractivity contribution in [3.8, 4) is 0 Å². The van der Waals surface area contributed by atoms with Crippen molar-refractivity contribution in [3.63, 3.8) is 0 Å². The number of H-pyrrole nitrogens is 1. The highest BCUT2D eigenvalue weighted by Gasteiger charge is 2.26. The van der Waals surface area contributed by atoms with E-state index in [0.717, 1.165) is 22.3 Å². The number of anilines is 2. The van der Waals surface area contributed by atoms with E-state index < -0.39 is 0 Å². The Balaban J connectivity index is 1.36. The molecular weight excluding hydrogens is 316 g/mol. The molecule has 0 unspecified atom stereocenters. The first-order valence-electron chi connectivity index (χ1n) is 8.32. The molecule has 3 aromatic rings. The van der Waals surface area contributed by atoms with Gasteiger partial charge < -0.3 is 10.3 Å². The minimum absolute atomic E-state index is 0.0183. The summed E-state index contributed by atoms with van der Waals surface area (Å²) in [5, 5.41) is 5.68. The summed E-state index contributed by atoms with van der Waals surface area (Å²) < 4.78 is 0. The largest absolute Gasteiger partial charge is 0.326 e. The van der Waals surface area contributed by atoms with E-state index in [4.69, 9.17) is 0 Å². The molecule has 0 fully saturated rings. The molecule has 2 amide bonds. The summed E-state index contributed by atoms with van der Waals surface area (Å²) in [6, 6.07) is 15.4. The number of para-hydroxylation sites is 3. The Morgan fingerprint density at radius 2 is 1.96 bits per heavy atom. The van der Waals surface area contributed by atoms with Gasteiger partial charge >= 0.3 is 0 Å². The molecule has 0 radical (unpaired) electrons. The molecule has 126 valence electrons. The number of benzene rings is 2.